The summed E-state index contributed by atoms with van der Waals surface area (Å²) in [5, 5.41) is 6.48. The molecule has 0 saturated heterocycles. The molecule has 34 heavy (non-hydrogen) atoms. The van der Waals surface area contributed by atoms with Crippen molar-refractivity contribution in [3.63, 3.8) is 0 Å². The van der Waals surface area contributed by atoms with Gasteiger partial charge >= 0.3 is 5.97 Å². The first kappa shape index (κ1) is 23.9. The summed E-state index contributed by atoms with van der Waals surface area (Å²) in [6, 6.07) is 4.75. The van der Waals surface area contributed by atoms with Gasteiger partial charge in [-0.1, -0.05) is 0 Å². The van der Waals surface area contributed by atoms with Gasteiger partial charge in [-0.15, -0.1) is 0 Å². The first-order valence-corrected chi connectivity index (χ1v) is 11.2. The average molecular weight is 472 g/mol. The molecule has 4 rings (SSSR count). The van der Waals surface area contributed by atoms with Gasteiger partial charge in [-0.05, 0) is 65.6 Å². The summed E-state index contributed by atoms with van der Waals surface area (Å²) < 4.78 is 32.5. The Morgan fingerprint density at radius 2 is 2.09 bits per heavy atom. The van der Waals surface area contributed by atoms with E-state index in [-0.39, 0.29) is 36.4 Å². The van der Waals surface area contributed by atoms with Crippen LogP contribution in [0.25, 0.3) is 10.9 Å². The van der Waals surface area contributed by atoms with Crippen LogP contribution >= 0.6 is 0 Å². The van der Waals surface area contributed by atoms with Gasteiger partial charge in [0.2, 0.25) is 5.90 Å². The Bertz CT molecular complexity index is 1190. The Kier molecular flexibility index (Phi) is 6.72. The number of benzene rings is 1. The number of carbonyl (C=O) groups is 1. The smallest absolute Gasteiger partial charge is 0.323 e. The number of H-pyrrole nitrogens is 1. The van der Waals surface area contributed by atoms with Gasteiger partial charge in [-0.25, -0.2) is 4.39 Å². The lowest BCUT2D eigenvalue weighted by Crippen LogP contribution is -2.37. The second-order valence-corrected chi connectivity index (χ2v) is 8.88. The SMILES string of the molecule is CC1=C2C(Oc3ccc4[nH]c(C)cc4c3F)=NC=NN2CC1OC[C@@H](C)OC(=O)[C@H](C)N(C)C. The first-order valence-electron chi connectivity index (χ1n) is 11.2. The number of aromatic nitrogens is 1. The second-order valence-electron chi connectivity index (χ2n) is 8.88. The number of nitrogens with zero attached hydrogens (tertiary/aromatic N) is 4. The molecule has 9 nitrogen and oxygen atoms in total. The molecule has 10 heteroatoms. The van der Waals surface area contributed by atoms with E-state index in [1.54, 1.807) is 42.0 Å². The Labute approximate surface area is 197 Å². The molecule has 2 aliphatic rings. The Morgan fingerprint density at radius 1 is 1.32 bits per heavy atom. The van der Waals surface area contributed by atoms with E-state index >= 15 is 4.39 Å². The summed E-state index contributed by atoms with van der Waals surface area (Å²) in [6.45, 7) is 8.03. The quantitative estimate of drug-likeness (QED) is 0.624. The summed E-state index contributed by atoms with van der Waals surface area (Å²) in [6.07, 6.45) is 0.660. The third kappa shape index (κ3) is 4.69. The Morgan fingerprint density at radius 3 is 2.82 bits per heavy atom. The fourth-order valence-electron chi connectivity index (χ4n) is 3.84. The molecule has 1 aromatic heterocycles. The molecule has 0 spiro atoms. The zero-order chi connectivity index (χ0) is 24.6. The van der Waals surface area contributed by atoms with Gasteiger partial charge in [0.25, 0.3) is 0 Å². The van der Waals surface area contributed by atoms with Crippen LogP contribution in [0.3, 0.4) is 0 Å². The number of carbonyl (C=O) groups excluding carboxylic acids is 1. The van der Waals surface area contributed by atoms with Crippen molar-refractivity contribution in [2.75, 3.05) is 27.2 Å². The molecule has 0 fully saturated rings. The molecule has 3 heterocycles. The van der Waals surface area contributed by atoms with Crippen LogP contribution in [-0.2, 0) is 14.3 Å². The lowest BCUT2D eigenvalue weighted by Gasteiger charge is -2.22. The Balaban J connectivity index is 1.45. The fraction of sp³-hybridized carbons (Fsp3) is 0.458. The highest BCUT2D eigenvalue weighted by Gasteiger charge is 2.36. The van der Waals surface area contributed by atoms with Gasteiger partial charge in [0.15, 0.2) is 11.6 Å². The third-order valence-corrected chi connectivity index (χ3v) is 6.03. The van der Waals surface area contributed by atoms with Gasteiger partial charge in [0.1, 0.15) is 30.3 Å². The number of aliphatic imine (C=N–C) groups is 1. The minimum Gasteiger partial charge on any atom is -0.459 e. The minimum absolute atomic E-state index is 0.0840. The van der Waals surface area contributed by atoms with E-state index in [4.69, 9.17) is 14.2 Å². The van der Waals surface area contributed by atoms with Crippen LogP contribution in [-0.4, -0.2) is 78.6 Å². The molecule has 1 N–H and O–H groups in total. The van der Waals surface area contributed by atoms with Crippen molar-refractivity contribution >= 4 is 29.1 Å². The number of hydrazone groups is 1. The predicted octanol–water partition coefficient (Wildman–Crippen LogP) is 3.21. The number of nitrogens with one attached hydrogen (secondary N) is 1. The van der Waals surface area contributed by atoms with E-state index in [1.807, 2.05) is 27.9 Å². The van der Waals surface area contributed by atoms with Crippen LogP contribution in [0.2, 0.25) is 0 Å². The maximum Gasteiger partial charge on any atom is 0.323 e. The van der Waals surface area contributed by atoms with Gasteiger partial charge in [0.05, 0.1) is 13.2 Å². The van der Waals surface area contributed by atoms with Crippen molar-refractivity contribution in [3.05, 3.63) is 41.0 Å². The third-order valence-electron chi connectivity index (χ3n) is 6.03. The van der Waals surface area contributed by atoms with E-state index in [9.17, 15) is 4.79 Å². The minimum atomic E-state index is -0.453. The summed E-state index contributed by atoms with van der Waals surface area (Å²) in [5.41, 5.74) is 3.07. The molecule has 0 radical (unpaired) electrons. The van der Waals surface area contributed by atoms with E-state index in [1.165, 1.54) is 6.34 Å². The number of ether oxygens (including phenoxy) is 3. The first-order chi connectivity index (χ1) is 16.2. The van der Waals surface area contributed by atoms with Crippen molar-refractivity contribution < 1.29 is 23.4 Å². The molecule has 2 aromatic rings. The summed E-state index contributed by atoms with van der Waals surface area (Å²) in [5.74, 6) is -0.418. The van der Waals surface area contributed by atoms with E-state index in [0.717, 1.165) is 11.3 Å². The molecule has 0 bridgehead atoms. The molecule has 3 atom stereocenters. The summed E-state index contributed by atoms with van der Waals surface area (Å²) in [4.78, 5) is 21.3. The zero-order valence-corrected chi connectivity index (χ0v) is 20.3. The van der Waals surface area contributed by atoms with Crippen molar-refractivity contribution in [2.45, 2.75) is 45.9 Å². The number of hydrogen-bond donors (Lipinski definition) is 1. The molecule has 1 unspecified atom stereocenters. The maximum absolute atomic E-state index is 15.0. The topological polar surface area (TPSA) is 91.7 Å². The highest BCUT2D eigenvalue weighted by atomic mass is 19.1. The highest BCUT2D eigenvalue weighted by Crippen LogP contribution is 2.32. The number of aryl methyl sites for hydroxylation is 1. The second kappa shape index (κ2) is 9.55. The van der Waals surface area contributed by atoms with E-state index in [0.29, 0.717) is 23.1 Å². The fourth-order valence-corrected chi connectivity index (χ4v) is 3.84. The molecular formula is C24H30FN5O4. The number of fused-ring (bicyclic) bond motifs is 2. The number of hydrogen-bond acceptors (Lipinski definition) is 8. The number of aromatic amines is 1. The van der Waals surface area contributed by atoms with Crippen molar-refractivity contribution in [1.82, 2.24) is 14.9 Å². The largest absolute Gasteiger partial charge is 0.459 e. The highest BCUT2D eigenvalue weighted by molar-refractivity contribution is 6.01. The number of esters is 1. The van der Waals surface area contributed by atoms with Gasteiger partial charge in [-0.2, -0.15) is 10.1 Å². The summed E-state index contributed by atoms with van der Waals surface area (Å²) >= 11 is 0. The number of rotatable bonds is 7. The van der Waals surface area contributed by atoms with Crippen molar-refractivity contribution in [2.24, 2.45) is 10.1 Å². The van der Waals surface area contributed by atoms with Crippen LogP contribution in [0.15, 0.2) is 39.6 Å². The monoisotopic (exact) mass is 471 g/mol. The Hall–Kier alpha value is -3.24. The van der Waals surface area contributed by atoms with E-state index < -0.39 is 11.9 Å². The number of halogens is 1. The normalized spacial score (nSPS) is 19.5. The average Bonchev–Trinajstić information content (AvgIpc) is 3.33. The van der Waals surface area contributed by atoms with Crippen molar-refractivity contribution in [3.8, 4) is 5.75 Å². The molecular weight excluding hydrogens is 441 g/mol. The molecule has 0 saturated carbocycles. The van der Waals surface area contributed by atoms with Crippen LogP contribution in [0, 0.1) is 12.7 Å². The number of likely N-dealkylation sites (N-methyl/N-ethyl adjacent to an activating group) is 1. The van der Waals surface area contributed by atoms with Gasteiger partial charge < -0.3 is 19.2 Å². The van der Waals surface area contributed by atoms with Gasteiger partial charge in [-0.3, -0.25) is 14.7 Å². The van der Waals surface area contributed by atoms with Crippen molar-refractivity contribution in [1.29, 1.82) is 0 Å². The maximum atomic E-state index is 15.0. The lowest BCUT2D eigenvalue weighted by atomic mass is 10.1. The summed E-state index contributed by atoms with van der Waals surface area (Å²) in [7, 11) is 3.64. The molecule has 0 aliphatic carbocycles. The van der Waals surface area contributed by atoms with Crippen LogP contribution in [0.4, 0.5) is 4.39 Å². The standard InChI is InChI=1S/C24H30FN5O4/c1-13-9-17-18(28-13)7-8-19(21(17)25)34-23-22-15(3)20(10-30(22)27-12-26-23)32-11-14(2)33-24(31)16(4)29(5)6/h7-9,12,14,16,20,28H,10-11H2,1-6H3/t14-,16+,20?/m1/s1. The van der Waals surface area contributed by atoms with Crippen LogP contribution in [0.5, 0.6) is 5.75 Å². The molecule has 2 aliphatic heterocycles. The van der Waals surface area contributed by atoms with Crippen LogP contribution < -0.4 is 4.74 Å². The molecule has 0 amide bonds. The zero-order valence-electron chi connectivity index (χ0n) is 20.3. The van der Waals surface area contributed by atoms with Crippen LogP contribution in [0.1, 0.15) is 26.5 Å². The predicted molar refractivity (Wildman–Crippen MR) is 127 cm³/mol. The van der Waals surface area contributed by atoms with E-state index in [2.05, 4.69) is 15.1 Å². The van der Waals surface area contributed by atoms with Gasteiger partial charge in [0, 0.05) is 16.6 Å². The lowest BCUT2D eigenvalue weighted by molar-refractivity contribution is -0.156. The molecule has 1 aromatic carbocycles. The molecule has 182 valence electrons.